The fourth-order valence-electron chi connectivity index (χ4n) is 3.44. The smallest absolute Gasteiger partial charge is 0.239 e. The van der Waals surface area contributed by atoms with Gasteiger partial charge in [-0.2, -0.15) is 0 Å². The molecule has 0 saturated carbocycles. The molecule has 186 valence electrons. The number of ether oxygens (including phenoxy) is 2. The number of thiocarbonyl (C=S) groups is 1. The molecule has 10 heteroatoms. The average molecular weight is 539 g/mol. The molecule has 0 fully saturated rings. The summed E-state index contributed by atoms with van der Waals surface area (Å²) in [5, 5.41) is 10.1. The van der Waals surface area contributed by atoms with Crippen LogP contribution in [0.15, 0.2) is 71.6 Å². The lowest BCUT2D eigenvalue weighted by Gasteiger charge is -2.16. The highest BCUT2D eigenvalue weighted by molar-refractivity contribution is 8.00. The first-order valence-electron chi connectivity index (χ1n) is 11.2. The van der Waals surface area contributed by atoms with Gasteiger partial charge in [0.25, 0.3) is 0 Å². The molecule has 1 aromatic heterocycles. The lowest BCUT2D eigenvalue weighted by Crippen LogP contribution is -2.24. The third kappa shape index (κ3) is 6.45. The van der Waals surface area contributed by atoms with Gasteiger partial charge in [-0.05, 0) is 67.2 Å². The van der Waals surface area contributed by atoms with Crippen molar-refractivity contribution in [3.8, 4) is 11.5 Å². The number of nitrogens with one attached hydrogen (secondary N) is 3. The van der Waals surface area contributed by atoms with Gasteiger partial charge < -0.3 is 25.4 Å². The predicted molar refractivity (Wildman–Crippen MR) is 154 cm³/mol. The van der Waals surface area contributed by atoms with E-state index in [1.807, 2.05) is 73.7 Å². The number of amides is 1. The first kappa shape index (κ1) is 25.7. The number of thioether (sulfide) groups is 1. The molecule has 4 aromatic rings. The summed E-state index contributed by atoms with van der Waals surface area (Å²) >= 11 is 8.41. The first-order valence-corrected chi connectivity index (χ1v) is 13.3. The van der Waals surface area contributed by atoms with Crippen molar-refractivity contribution in [1.82, 2.24) is 4.98 Å². The number of benzene rings is 3. The molecule has 3 N–H and O–H groups in total. The number of hydrogen-bond acceptors (Lipinski definition) is 7. The van der Waals surface area contributed by atoms with Crippen LogP contribution < -0.4 is 25.4 Å². The molecular weight excluding hydrogens is 513 g/mol. The van der Waals surface area contributed by atoms with Crippen LogP contribution in [-0.2, 0) is 4.79 Å². The van der Waals surface area contributed by atoms with Gasteiger partial charge in [-0.3, -0.25) is 4.79 Å². The summed E-state index contributed by atoms with van der Waals surface area (Å²) in [6, 6.07) is 21.0. The standard InChI is InChI=1S/C26H26N4O3S3/c1-4-22(24(31)30-26-29-20-13-12-17(32-2)15-23(20)36-26)35-18-9-7-8-16(14-18)27-25(34)28-19-10-5-6-11-21(19)33-3/h5-15,22H,4H2,1-3H3,(H2,27,28,34)(H,29,30,31). The van der Waals surface area contributed by atoms with Crippen molar-refractivity contribution < 1.29 is 14.3 Å². The van der Waals surface area contributed by atoms with Crippen molar-refractivity contribution in [2.45, 2.75) is 23.5 Å². The molecular formula is C26H26N4O3S3. The summed E-state index contributed by atoms with van der Waals surface area (Å²) in [5.74, 6) is 1.38. The van der Waals surface area contributed by atoms with Gasteiger partial charge >= 0.3 is 0 Å². The number of aromatic nitrogens is 1. The van der Waals surface area contributed by atoms with Crippen LogP contribution in [0.1, 0.15) is 13.3 Å². The van der Waals surface area contributed by atoms with Crippen molar-refractivity contribution in [3.05, 3.63) is 66.7 Å². The summed E-state index contributed by atoms with van der Waals surface area (Å²) < 4.78 is 11.6. The molecule has 0 bridgehead atoms. The zero-order valence-corrected chi connectivity index (χ0v) is 22.5. The van der Waals surface area contributed by atoms with E-state index in [9.17, 15) is 4.79 Å². The van der Waals surface area contributed by atoms with Crippen molar-refractivity contribution in [2.75, 3.05) is 30.2 Å². The maximum absolute atomic E-state index is 13.0. The maximum Gasteiger partial charge on any atom is 0.239 e. The van der Waals surface area contributed by atoms with E-state index in [4.69, 9.17) is 21.7 Å². The zero-order valence-electron chi connectivity index (χ0n) is 20.0. The minimum atomic E-state index is -0.277. The van der Waals surface area contributed by atoms with E-state index in [1.54, 1.807) is 14.2 Å². The molecule has 1 amide bonds. The number of thiazole rings is 1. The van der Waals surface area contributed by atoms with Gasteiger partial charge in [0.15, 0.2) is 10.2 Å². The highest BCUT2D eigenvalue weighted by atomic mass is 32.2. The quantitative estimate of drug-likeness (QED) is 0.162. The number of anilines is 3. The van der Waals surface area contributed by atoms with Crippen molar-refractivity contribution >= 4 is 73.1 Å². The molecule has 4 rings (SSSR count). The summed E-state index contributed by atoms with van der Waals surface area (Å²) in [6.07, 6.45) is 0.667. The van der Waals surface area contributed by atoms with Gasteiger partial charge in [0, 0.05) is 10.6 Å². The minimum Gasteiger partial charge on any atom is -0.497 e. The Bertz CT molecular complexity index is 1380. The van der Waals surface area contributed by atoms with Gasteiger partial charge in [0.05, 0.1) is 35.4 Å². The molecule has 0 spiro atoms. The Kier molecular flexibility index (Phi) is 8.63. The van der Waals surface area contributed by atoms with E-state index in [1.165, 1.54) is 23.1 Å². The normalized spacial score (nSPS) is 11.5. The second kappa shape index (κ2) is 12.1. The van der Waals surface area contributed by atoms with E-state index in [0.29, 0.717) is 22.4 Å². The summed E-state index contributed by atoms with van der Waals surface area (Å²) in [5.41, 5.74) is 2.43. The maximum atomic E-state index is 13.0. The largest absolute Gasteiger partial charge is 0.497 e. The summed E-state index contributed by atoms with van der Waals surface area (Å²) in [6.45, 7) is 1.99. The summed E-state index contributed by atoms with van der Waals surface area (Å²) in [7, 11) is 3.24. The number of fused-ring (bicyclic) bond motifs is 1. The fraction of sp³-hybridized carbons (Fsp3) is 0.192. The van der Waals surface area contributed by atoms with Crippen LogP contribution in [0.25, 0.3) is 10.2 Å². The minimum absolute atomic E-state index is 0.0831. The Morgan fingerprint density at radius 2 is 1.86 bits per heavy atom. The third-order valence-corrected chi connectivity index (χ3v) is 7.71. The number of rotatable bonds is 9. The fourth-order valence-corrected chi connectivity index (χ4v) is 5.58. The molecule has 36 heavy (non-hydrogen) atoms. The predicted octanol–water partition coefficient (Wildman–Crippen LogP) is 6.63. The topological polar surface area (TPSA) is 84.5 Å². The molecule has 3 aromatic carbocycles. The van der Waals surface area contributed by atoms with Crippen molar-refractivity contribution in [3.63, 3.8) is 0 Å². The van der Waals surface area contributed by atoms with Gasteiger partial charge in [0.2, 0.25) is 5.91 Å². The number of nitrogens with zero attached hydrogens (tertiary/aromatic N) is 1. The zero-order chi connectivity index (χ0) is 25.5. The molecule has 0 aliphatic carbocycles. The molecule has 1 heterocycles. The van der Waals surface area contributed by atoms with Crippen LogP contribution in [0.3, 0.4) is 0 Å². The second-order valence-electron chi connectivity index (χ2n) is 7.66. The lowest BCUT2D eigenvalue weighted by atomic mass is 10.3. The highest BCUT2D eigenvalue weighted by Crippen LogP contribution is 2.32. The van der Waals surface area contributed by atoms with Crippen LogP contribution >= 0.6 is 35.3 Å². The Hall–Kier alpha value is -3.34. The molecule has 0 radical (unpaired) electrons. The van der Waals surface area contributed by atoms with Crippen LogP contribution in [-0.4, -0.2) is 35.5 Å². The highest BCUT2D eigenvalue weighted by Gasteiger charge is 2.20. The molecule has 1 unspecified atom stereocenters. The summed E-state index contributed by atoms with van der Waals surface area (Å²) in [4.78, 5) is 18.5. The Balaban J connectivity index is 1.39. The van der Waals surface area contributed by atoms with E-state index in [2.05, 4.69) is 20.9 Å². The SMILES string of the molecule is CCC(Sc1cccc(NC(=S)Nc2ccccc2OC)c1)C(=O)Nc1nc2ccc(OC)cc2s1. The second-order valence-corrected chi connectivity index (χ2v) is 10.4. The van der Waals surface area contributed by atoms with Crippen LogP contribution in [0.5, 0.6) is 11.5 Å². The van der Waals surface area contributed by atoms with Gasteiger partial charge in [0.1, 0.15) is 11.5 Å². The number of carbonyl (C=O) groups is 1. The molecule has 7 nitrogen and oxygen atoms in total. The van der Waals surface area contributed by atoms with Gasteiger partial charge in [-0.15, -0.1) is 11.8 Å². The molecule has 0 aliphatic heterocycles. The lowest BCUT2D eigenvalue weighted by molar-refractivity contribution is -0.115. The number of para-hydroxylation sites is 2. The van der Waals surface area contributed by atoms with E-state index >= 15 is 0 Å². The first-order chi connectivity index (χ1) is 17.5. The monoisotopic (exact) mass is 538 g/mol. The number of methoxy groups -OCH3 is 2. The Morgan fingerprint density at radius 3 is 2.64 bits per heavy atom. The third-order valence-electron chi connectivity index (χ3n) is 5.21. The Labute approximate surface area is 223 Å². The van der Waals surface area contributed by atoms with Crippen molar-refractivity contribution in [1.29, 1.82) is 0 Å². The Morgan fingerprint density at radius 1 is 1.03 bits per heavy atom. The average Bonchev–Trinajstić information content (AvgIpc) is 3.29. The molecule has 0 aliphatic rings. The van der Waals surface area contributed by atoms with E-state index in [-0.39, 0.29) is 11.2 Å². The molecule has 1 atom stereocenters. The van der Waals surface area contributed by atoms with Crippen molar-refractivity contribution in [2.24, 2.45) is 0 Å². The molecule has 0 saturated heterocycles. The number of carbonyl (C=O) groups excluding carboxylic acids is 1. The van der Waals surface area contributed by atoms with Crippen LogP contribution in [0.2, 0.25) is 0 Å². The van der Waals surface area contributed by atoms with E-state index in [0.717, 1.165) is 32.2 Å². The number of hydrogen-bond donors (Lipinski definition) is 3. The van der Waals surface area contributed by atoms with Crippen LogP contribution in [0, 0.1) is 0 Å². The van der Waals surface area contributed by atoms with Gasteiger partial charge in [-0.1, -0.05) is 36.5 Å². The van der Waals surface area contributed by atoms with E-state index < -0.39 is 0 Å². The van der Waals surface area contributed by atoms with Crippen LogP contribution in [0.4, 0.5) is 16.5 Å². The van der Waals surface area contributed by atoms with Gasteiger partial charge in [-0.25, -0.2) is 4.98 Å².